The van der Waals surface area contributed by atoms with Crippen LogP contribution < -0.4 is 9.47 Å². The predicted octanol–water partition coefficient (Wildman–Crippen LogP) is 6.92. The van der Waals surface area contributed by atoms with Crippen LogP contribution in [0.1, 0.15) is 28.4 Å². The number of carboxylic acids is 1. The topological polar surface area (TPSA) is 88.4 Å². The molecule has 0 spiro atoms. The Bertz CT molecular complexity index is 1400. The average Bonchev–Trinajstić information content (AvgIpc) is 3.19. The van der Waals surface area contributed by atoms with E-state index in [0.29, 0.717) is 34.8 Å². The number of aliphatic imine (C=N–C) groups is 1. The van der Waals surface area contributed by atoms with E-state index in [4.69, 9.17) is 14.5 Å². The molecular weight excluding hydrogens is 568 g/mol. The molecule has 0 saturated carbocycles. The summed E-state index contributed by atoms with van der Waals surface area (Å²) in [5.74, 6) is -0.0695. The summed E-state index contributed by atoms with van der Waals surface area (Å²) in [6.07, 6.45) is 3.45. The van der Waals surface area contributed by atoms with Crippen molar-refractivity contribution in [2.75, 3.05) is 13.2 Å². The Hall–Kier alpha value is -3.82. The number of thioether (sulfide) groups is 1. The maximum atomic E-state index is 13.6. The molecule has 4 rings (SSSR count). The van der Waals surface area contributed by atoms with Crippen LogP contribution in [0, 0.1) is 0 Å². The first kappa shape index (κ1) is 27.2. The molecule has 0 aliphatic carbocycles. The molecule has 3 aromatic rings. The fraction of sp³-hybridized carbons (Fsp3) is 0.138. The largest absolute Gasteiger partial charge is 0.490 e. The van der Waals surface area contributed by atoms with Gasteiger partial charge in [0.2, 0.25) is 0 Å². The highest BCUT2D eigenvalue weighted by Gasteiger charge is 2.34. The van der Waals surface area contributed by atoms with E-state index in [9.17, 15) is 14.7 Å². The van der Waals surface area contributed by atoms with Crippen LogP contribution in [0.2, 0.25) is 0 Å². The summed E-state index contributed by atoms with van der Waals surface area (Å²) in [7, 11) is 0. The van der Waals surface area contributed by atoms with Gasteiger partial charge in [-0.3, -0.25) is 9.69 Å². The van der Waals surface area contributed by atoms with Gasteiger partial charge in [0, 0.05) is 4.47 Å². The van der Waals surface area contributed by atoms with Gasteiger partial charge < -0.3 is 14.6 Å². The molecule has 1 aliphatic rings. The molecule has 9 heteroatoms. The minimum Gasteiger partial charge on any atom is -0.490 e. The Labute approximate surface area is 233 Å². The standard InChI is InChI=1S/C29H25BrN2O5S/c1-3-14-37-25-17-23(30)21(15-24(25)36-4-2)16-26-27(33)32(18-19-10-12-20(13-11-19)28(34)35)29(38-26)31-22-8-6-5-7-9-22/h3,5-13,15-17H,1,4,14,18H2,2H3,(H,34,35)/b26-16-,31-29?. The normalized spacial score (nSPS) is 15.2. The molecular formula is C29H25BrN2O5S. The number of aromatic carboxylic acids is 1. The lowest BCUT2D eigenvalue weighted by atomic mass is 10.1. The van der Waals surface area contributed by atoms with Crippen LogP contribution in [-0.4, -0.2) is 40.3 Å². The number of benzene rings is 3. The van der Waals surface area contributed by atoms with Gasteiger partial charge in [-0.2, -0.15) is 0 Å². The number of carbonyl (C=O) groups excluding carboxylic acids is 1. The summed E-state index contributed by atoms with van der Waals surface area (Å²) in [6.45, 7) is 6.61. The van der Waals surface area contributed by atoms with Gasteiger partial charge >= 0.3 is 5.97 Å². The lowest BCUT2D eigenvalue weighted by molar-refractivity contribution is -0.122. The second kappa shape index (κ2) is 12.6. The predicted molar refractivity (Wildman–Crippen MR) is 154 cm³/mol. The number of hydrogen-bond acceptors (Lipinski definition) is 6. The monoisotopic (exact) mass is 592 g/mol. The van der Waals surface area contributed by atoms with E-state index in [-0.39, 0.29) is 18.0 Å². The van der Waals surface area contributed by atoms with Gasteiger partial charge in [0.05, 0.1) is 29.3 Å². The Morgan fingerprint density at radius 1 is 1.11 bits per heavy atom. The SMILES string of the molecule is C=CCOc1cc(Br)c(/C=C2\SC(=Nc3ccccc3)N(Cc3ccc(C(=O)O)cc3)C2=O)cc1OCC. The van der Waals surface area contributed by atoms with E-state index < -0.39 is 5.97 Å². The molecule has 1 heterocycles. The van der Waals surface area contributed by atoms with Crippen molar-refractivity contribution in [3.05, 3.63) is 105 Å². The minimum absolute atomic E-state index is 0.185. The van der Waals surface area contributed by atoms with Crippen LogP contribution >= 0.6 is 27.7 Å². The number of carbonyl (C=O) groups is 2. The third-order valence-corrected chi connectivity index (χ3v) is 7.11. The third-order valence-electron chi connectivity index (χ3n) is 5.42. The molecule has 194 valence electrons. The van der Waals surface area contributed by atoms with E-state index in [2.05, 4.69) is 22.5 Å². The number of halogens is 1. The van der Waals surface area contributed by atoms with E-state index in [0.717, 1.165) is 21.3 Å². The van der Waals surface area contributed by atoms with Crippen LogP contribution in [0.25, 0.3) is 6.08 Å². The minimum atomic E-state index is -1.00. The highest BCUT2D eigenvalue weighted by Crippen LogP contribution is 2.39. The zero-order valence-corrected chi connectivity index (χ0v) is 23.0. The van der Waals surface area contributed by atoms with E-state index >= 15 is 0 Å². The second-order valence-electron chi connectivity index (χ2n) is 8.09. The van der Waals surface area contributed by atoms with Crippen molar-refractivity contribution in [1.82, 2.24) is 4.90 Å². The molecule has 1 saturated heterocycles. The average molecular weight is 593 g/mol. The fourth-order valence-electron chi connectivity index (χ4n) is 3.61. The molecule has 0 radical (unpaired) electrons. The maximum absolute atomic E-state index is 13.6. The summed E-state index contributed by atoms with van der Waals surface area (Å²) in [5, 5.41) is 9.73. The molecule has 3 aromatic carbocycles. The van der Waals surface area contributed by atoms with Gasteiger partial charge in [-0.05, 0) is 72.3 Å². The quantitative estimate of drug-likeness (QED) is 0.203. The van der Waals surface area contributed by atoms with Crippen LogP contribution in [0.4, 0.5) is 5.69 Å². The van der Waals surface area contributed by atoms with Gasteiger partial charge in [0.25, 0.3) is 5.91 Å². The van der Waals surface area contributed by atoms with Gasteiger partial charge in [0.15, 0.2) is 16.7 Å². The van der Waals surface area contributed by atoms with Gasteiger partial charge in [-0.15, -0.1) is 0 Å². The number of para-hydroxylation sites is 1. The number of rotatable bonds is 10. The molecule has 0 bridgehead atoms. The molecule has 0 aromatic heterocycles. The molecule has 38 heavy (non-hydrogen) atoms. The van der Waals surface area contributed by atoms with Crippen molar-refractivity contribution in [3.8, 4) is 11.5 Å². The molecule has 0 atom stereocenters. The Morgan fingerprint density at radius 3 is 2.47 bits per heavy atom. The van der Waals surface area contributed by atoms with E-state index in [1.807, 2.05) is 49.4 Å². The summed E-state index contributed by atoms with van der Waals surface area (Å²) >= 11 is 4.87. The smallest absolute Gasteiger partial charge is 0.335 e. The van der Waals surface area contributed by atoms with Gasteiger partial charge in [-0.25, -0.2) is 9.79 Å². The van der Waals surface area contributed by atoms with Crippen LogP contribution in [0.15, 0.2) is 93.8 Å². The van der Waals surface area contributed by atoms with Gasteiger partial charge in [-0.1, -0.05) is 58.9 Å². The van der Waals surface area contributed by atoms with Crippen molar-refractivity contribution in [3.63, 3.8) is 0 Å². The molecule has 7 nitrogen and oxygen atoms in total. The lowest BCUT2D eigenvalue weighted by Crippen LogP contribution is -2.28. The number of nitrogens with zero attached hydrogens (tertiary/aromatic N) is 2. The Balaban J connectivity index is 1.70. The van der Waals surface area contributed by atoms with Gasteiger partial charge in [0.1, 0.15) is 6.61 Å². The number of ether oxygens (including phenoxy) is 2. The Morgan fingerprint density at radius 2 is 1.82 bits per heavy atom. The summed E-state index contributed by atoms with van der Waals surface area (Å²) in [5.41, 5.74) is 2.44. The lowest BCUT2D eigenvalue weighted by Gasteiger charge is -2.16. The van der Waals surface area contributed by atoms with Crippen molar-refractivity contribution >= 4 is 56.5 Å². The molecule has 1 fully saturated rings. The summed E-state index contributed by atoms with van der Waals surface area (Å²) in [6, 6.07) is 19.5. The summed E-state index contributed by atoms with van der Waals surface area (Å²) in [4.78, 5) is 31.6. The van der Waals surface area contributed by atoms with Crippen molar-refractivity contribution < 1.29 is 24.2 Å². The van der Waals surface area contributed by atoms with E-state index in [1.165, 1.54) is 23.9 Å². The second-order valence-corrected chi connectivity index (χ2v) is 9.95. The zero-order chi connectivity index (χ0) is 27.1. The molecule has 0 unspecified atom stereocenters. The van der Waals surface area contributed by atoms with Crippen LogP contribution in [-0.2, 0) is 11.3 Å². The zero-order valence-electron chi connectivity index (χ0n) is 20.6. The molecule has 1 N–H and O–H groups in total. The number of carboxylic acid groups (broad SMARTS) is 1. The first-order chi connectivity index (χ1) is 18.4. The third kappa shape index (κ3) is 6.54. The van der Waals surface area contributed by atoms with E-state index in [1.54, 1.807) is 29.2 Å². The fourth-order valence-corrected chi connectivity index (χ4v) is 5.04. The first-order valence-corrected chi connectivity index (χ1v) is 13.4. The summed E-state index contributed by atoms with van der Waals surface area (Å²) < 4.78 is 12.2. The van der Waals surface area contributed by atoms with Crippen molar-refractivity contribution in [1.29, 1.82) is 0 Å². The highest BCUT2D eigenvalue weighted by atomic mass is 79.9. The maximum Gasteiger partial charge on any atom is 0.335 e. The molecule has 1 aliphatic heterocycles. The van der Waals surface area contributed by atoms with Crippen LogP contribution in [0.5, 0.6) is 11.5 Å². The van der Waals surface area contributed by atoms with Crippen LogP contribution in [0.3, 0.4) is 0 Å². The molecule has 1 amide bonds. The number of amides is 1. The van der Waals surface area contributed by atoms with Crippen molar-refractivity contribution in [2.24, 2.45) is 4.99 Å². The Kier molecular flexibility index (Phi) is 9.04. The van der Waals surface area contributed by atoms with Crippen molar-refractivity contribution in [2.45, 2.75) is 13.5 Å². The first-order valence-electron chi connectivity index (χ1n) is 11.8. The number of amidine groups is 1. The number of hydrogen-bond donors (Lipinski definition) is 1. The highest BCUT2D eigenvalue weighted by molar-refractivity contribution is 9.10.